The van der Waals surface area contributed by atoms with E-state index in [0.717, 1.165) is 0 Å². The molecule has 0 radical (unpaired) electrons. The number of diazo groups is 1. The first-order valence-electron chi connectivity index (χ1n) is 2.33. The molecular formula is C5H7N2O2+. The van der Waals surface area contributed by atoms with Crippen molar-refractivity contribution in [2.24, 2.45) is 0 Å². The van der Waals surface area contributed by atoms with Crippen LogP contribution in [0.5, 0.6) is 0 Å². The molecule has 0 saturated heterocycles. The number of rotatable bonds is 2. The third kappa shape index (κ3) is 4.48. The Kier molecular flexibility index (Phi) is 3.06. The van der Waals surface area contributed by atoms with Gasteiger partial charge in [0.15, 0.2) is 11.6 Å². The number of hydrogen-bond donors (Lipinski definition) is 0. The summed E-state index contributed by atoms with van der Waals surface area (Å²) in [5.74, 6) is -0.417. The molecule has 9 heavy (non-hydrogen) atoms. The Labute approximate surface area is 52.7 Å². The molecule has 0 unspecified atom stereocenters. The van der Waals surface area contributed by atoms with E-state index in [-0.39, 0.29) is 12.3 Å². The Hall–Kier alpha value is -1.37. The van der Waals surface area contributed by atoms with Crippen LogP contribution in [-0.2, 0) is 9.53 Å². The van der Waals surface area contributed by atoms with Gasteiger partial charge >= 0.3 is 11.7 Å². The Morgan fingerprint density at radius 3 is 2.78 bits per heavy atom. The predicted octanol–water partition coefficient (Wildman–Crippen LogP) is 0.916. The summed E-state index contributed by atoms with van der Waals surface area (Å²) in [5, 5.41) is 7.98. The van der Waals surface area contributed by atoms with Crippen molar-refractivity contribution in [2.75, 3.05) is 6.61 Å². The lowest BCUT2D eigenvalue weighted by Gasteiger charge is -1.89. The summed E-state index contributed by atoms with van der Waals surface area (Å²) in [6, 6.07) is 0. The monoisotopic (exact) mass is 127 g/mol. The lowest BCUT2D eigenvalue weighted by molar-refractivity contribution is -0.139. The van der Waals surface area contributed by atoms with E-state index in [2.05, 4.69) is 16.3 Å². The van der Waals surface area contributed by atoms with Gasteiger partial charge in [-0.3, -0.25) is 4.79 Å². The third-order valence-corrected chi connectivity index (χ3v) is 0.583. The highest BCUT2D eigenvalue weighted by molar-refractivity contribution is 5.66. The van der Waals surface area contributed by atoms with E-state index in [0.29, 0.717) is 0 Å². The first kappa shape index (κ1) is 7.63. The molecule has 4 heteroatoms. The van der Waals surface area contributed by atoms with E-state index < -0.39 is 5.97 Å². The lowest BCUT2D eigenvalue weighted by Crippen LogP contribution is -2.00. The number of carbonyl (C=O) groups is 1. The zero-order valence-corrected chi connectivity index (χ0v) is 5.13. The van der Waals surface area contributed by atoms with Gasteiger partial charge in [0.2, 0.25) is 5.39 Å². The molecule has 0 aromatic rings. The molecule has 0 aliphatic carbocycles. The van der Waals surface area contributed by atoms with Gasteiger partial charge in [0.05, 0.1) is 0 Å². The van der Waals surface area contributed by atoms with Gasteiger partial charge in [-0.05, 0) is 6.58 Å². The molecule has 0 amide bonds. The summed E-state index contributed by atoms with van der Waals surface area (Å²) >= 11 is 0. The van der Waals surface area contributed by atoms with E-state index in [1.807, 2.05) is 0 Å². The maximum Gasteiger partial charge on any atom is 0.391 e. The van der Waals surface area contributed by atoms with Crippen LogP contribution in [0.15, 0.2) is 12.3 Å². The molecule has 4 nitrogen and oxygen atoms in total. The van der Waals surface area contributed by atoms with Crippen molar-refractivity contribution in [3.8, 4) is 0 Å². The van der Waals surface area contributed by atoms with Crippen molar-refractivity contribution in [3.05, 3.63) is 17.3 Å². The first-order valence-corrected chi connectivity index (χ1v) is 2.33. The van der Waals surface area contributed by atoms with Crippen LogP contribution in [0.25, 0.3) is 4.98 Å². The van der Waals surface area contributed by atoms with Gasteiger partial charge in [0, 0.05) is 6.92 Å². The lowest BCUT2D eigenvalue weighted by atomic mass is 10.5. The second-order valence-corrected chi connectivity index (χ2v) is 1.45. The summed E-state index contributed by atoms with van der Waals surface area (Å²) in [4.78, 5) is 12.8. The molecule has 0 aliphatic heterocycles. The first-order chi connectivity index (χ1) is 4.16. The largest absolute Gasteiger partial charge is 0.453 e. The summed E-state index contributed by atoms with van der Waals surface area (Å²) in [7, 11) is 0. The van der Waals surface area contributed by atoms with Gasteiger partial charge in [-0.15, -0.1) is 0 Å². The van der Waals surface area contributed by atoms with Gasteiger partial charge in [0.25, 0.3) is 0 Å². The Balaban J connectivity index is 3.43. The van der Waals surface area contributed by atoms with Crippen LogP contribution >= 0.6 is 0 Å². The second-order valence-electron chi connectivity index (χ2n) is 1.45. The highest BCUT2D eigenvalue weighted by Crippen LogP contribution is 1.91. The normalized spacial score (nSPS) is 7.56. The topological polar surface area (TPSA) is 54.5 Å². The van der Waals surface area contributed by atoms with Crippen molar-refractivity contribution < 1.29 is 9.53 Å². The molecule has 0 spiro atoms. The number of ether oxygens (including phenoxy) is 1. The average Bonchev–Trinajstić information content (AvgIpc) is 1.83. The molecule has 0 bridgehead atoms. The van der Waals surface area contributed by atoms with Crippen molar-refractivity contribution in [3.63, 3.8) is 0 Å². The second kappa shape index (κ2) is 3.61. The van der Waals surface area contributed by atoms with E-state index in [1.165, 1.54) is 6.92 Å². The fraction of sp³-hybridized carbons (Fsp3) is 0.400. The van der Waals surface area contributed by atoms with E-state index in [9.17, 15) is 4.79 Å². The summed E-state index contributed by atoms with van der Waals surface area (Å²) < 4.78 is 4.40. The van der Waals surface area contributed by atoms with Crippen LogP contribution < -0.4 is 0 Å². The molecule has 0 aromatic carbocycles. The smallest absolute Gasteiger partial charge is 0.391 e. The zero-order valence-electron chi connectivity index (χ0n) is 5.13. The quantitative estimate of drug-likeness (QED) is 0.409. The molecule has 0 rings (SSSR count). The van der Waals surface area contributed by atoms with Crippen molar-refractivity contribution in [1.29, 1.82) is 5.39 Å². The number of carbonyl (C=O) groups excluding carboxylic acids is 1. The molecule has 48 valence electrons. The molecule has 0 atom stereocenters. The highest BCUT2D eigenvalue weighted by Gasteiger charge is 2.06. The Morgan fingerprint density at radius 1 is 1.89 bits per heavy atom. The number of nitrogens with zero attached hydrogens (tertiary/aromatic N) is 2. The van der Waals surface area contributed by atoms with Gasteiger partial charge in [-0.2, -0.15) is 0 Å². The minimum absolute atomic E-state index is 0.0498. The van der Waals surface area contributed by atoms with Gasteiger partial charge < -0.3 is 4.74 Å². The number of hydrogen-bond acceptors (Lipinski definition) is 3. The fourth-order valence-electron chi connectivity index (χ4n) is 0.214. The van der Waals surface area contributed by atoms with Crippen LogP contribution in [-0.4, -0.2) is 12.6 Å². The van der Waals surface area contributed by atoms with Crippen LogP contribution in [0.3, 0.4) is 0 Å². The fourth-order valence-corrected chi connectivity index (χ4v) is 0.214. The molecule has 0 N–H and O–H groups in total. The van der Waals surface area contributed by atoms with Crippen LogP contribution in [0.4, 0.5) is 0 Å². The summed E-state index contributed by atoms with van der Waals surface area (Å²) in [6.45, 7) is 4.47. The highest BCUT2D eigenvalue weighted by atomic mass is 16.5. The number of esters is 1. The van der Waals surface area contributed by atoms with Gasteiger partial charge in [-0.25, -0.2) is 0 Å². The van der Waals surface area contributed by atoms with E-state index in [1.54, 1.807) is 0 Å². The summed E-state index contributed by atoms with van der Waals surface area (Å²) in [6.07, 6.45) is 0. The maximum atomic E-state index is 10.1. The van der Waals surface area contributed by atoms with Gasteiger partial charge in [-0.1, -0.05) is 0 Å². The van der Waals surface area contributed by atoms with Crippen molar-refractivity contribution >= 4 is 5.97 Å². The maximum absolute atomic E-state index is 10.1. The van der Waals surface area contributed by atoms with Crippen LogP contribution in [0.1, 0.15) is 6.92 Å². The minimum atomic E-state index is -0.417. The Morgan fingerprint density at radius 2 is 2.44 bits per heavy atom. The molecular weight excluding hydrogens is 120 g/mol. The molecule has 0 heterocycles. The SMILES string of the molecule is C=C(COC(C)=O)[N+]#N. The van der Waals surface area contributed by atoms with Crippen LogP contribution in [0.2, 0.25) is 0 Å². The standard InChI is InChI=1S/C5H7N2O2/c1-4(7-6)3-9-5(2)8/h1,3H2,2H3/q+1. The van der Waals surface area contributed by atoms with Crippen LogP contribution in [0, 0.1) is 5.39 Å². The van der Waals surface area contributed by atoms with E-state index in [4.69, 9.17) is 5.39 Å². The predicted molar refractivity (Wildman–Crippen MR) is 30.9 cm³/mol. The molecule has 0 aromatic heterocycles. The van der Waals surface area contributed by atoms with E-state index >= 15 is 0 Å². The molecule has 0 saturated carbocycles. The van der Waals surface area contributed by atoms with Gasteiger partial charge in [0.1, 0.15) is 0 Å². The third-order valence-electron chi connectivity index (χ3n) is 0.583. The average molecular weight is 127 g/mol. The zero-order chi connectivity index (χ0) is 7.28. The molecule has 0 aliphatic rings. The summed E-state index contributed by atoms with van der Waals surface area (Å²) in [5.41, 5.74) is 0.130. The minimum Gasteiger partial charge on any atom is -0.453 e. The molecule has 0 fully saturated rings. The van der Waals surface area contributed by atoms with Crippen molar-refractivity contribution in [2.45, 2.75) is 6.92 Å². The van der Waals surface area contributed by atoms with Crippen molar-refractivity contribution in [1.82, 2.24) is 0 Å². The Bertz CT molecular complexity index is 168.